The van der Waals surface area contributed by atoms with E-state index in [1.165, 1.54) is 0 Å². The lowest BCUT2D eigenvalue weighted by molar-refractivity contribution is -0.150. The third kappa shape index (κ3) is 5.94. The molecule has 0 radical (unpaired) electrons. The molecule has 2 aliphatic heterocycles. The molecule has 0 aromatic rings. The van der Waals surface area contributed by atoms with Gasteiger partial charge in [0, 0.05) is 37.3 Å². The molecule has 4 bridgehead atoms. The number of amides is 2. The summed E-state index contributed by atoms with van der Waals surface area (Å²) in [6, 6.07) is 0.355. The van der Waals surface area contributed by atoms with E-state index in [0.29, 0.717) is 13.1 Å². The fourth-order valence-corrected chi connectivity index (χ4v) is 8.17. The van der Waals surface area contributed by atoms with Gasteiger partial charge in [-0.3, -0.25) is 9.59 Å². The third-order valence-electron chi connectivity index (χ3n) is 8.50. The Morgan fingerprint density at radius 1 is 0.667 bits per heavy atom. The van der Waals surface area contributed by atoms with Crippen molar-refractivity contribution in [3.63, 3.8) is 0 Å². The molecule has 8 heteroatoms. The van der Waals surface area contributed by atoms with Gasteiger partial charge in [-0.1, -0.05) is 41.5 Å². The van der Waals surface area contributed by atoms with Gasteiger partial charge in [0.15, 0.2) is 13.2 Å². The predicted molar refractivity (Wildman–Crippen MR) is 134 cm³/mol. The van der Waals surface area contributed by atoms with Crippen LogP contribution in [-0.4, -0.2) is 71.9 Å². The highest BCUT2D eigenvalue weighted by molar-refractivity contribution is 5.93. The first-order chi connectivity index (χ1) is 16.6. The molecule has 0 aromatic carbocycles. The zero-order valence-corrected chi connectivity index (χ0v) is 22.7. The second kappa shape index (κ2) is 9.18. The minimum Gasteiger partial charge on any atom is -0.452 e. The molecular weight excluding hydrogens is 460 g/mol. The highest BCUT2D eigenvalue weighted by Crippen LogP contribution is 2.53. The van der Waals surface area contributed by atoms with Crippen LogP contribution in [0.1, 0.15) is 80.1 Å². The summed E-state index contributed by atoms with van der Waals surface area (Å²) in [5.74, 6) is -1.99. The second-order valence-electron chi connectivity index (χ2n) is 14.0. The molecule has 4 aliphatic rings. The Kier molecular flexibility index (Phi) is 6.80. The fourth-order valence-electron chi connectivity index (χ4n) is 8.17. The van der Waals surface area contributed by atoms with Crippen LogP contribution in [0.2, 0.25) is 0 Å². The van der Waals surface area contributed by atoms with E-state index in [-0.39, 0.29) is 58.8 Å². The molecule has 2 heterocycles. The SMILES string of the molecule is CC1(C)C[C@H]2C[C@@](C)(CN2C(=O)COC(=O)/C=C/C(=O)OCC(=O)N2C[C@@]3(C)C[C@H]2CC(C)(C)C3)C1. The lowest BCUT2D eigenvalue weighted by Gasteiger charge is -2.39. The summed E-state index contributed by atoms with van der Waals surface area (Å²) in [7, 11) is 0. The van der Waals surface area contributed by atoms with Gasteiger partial charge in [-0.05, 0) is 60.2 Å². The zero-order chi connectivity index (χ0) is 26.5. The van der Waals surface area contributed by atoms with Crippen LogP contribution in [0.3, 0.4) is 0 Å². The van der Waals surface area contributed by atoms with Gasteiger partial charge < -0.3 is 19.3 Å². The van der Waals surface area contributed by atoms with Crippen LogP contribution in [-0.2, 0) is 28.7 Å². The number of hydrogen-bond acceptors (Lipinski definition) is 6. The normalized spacial score (nSPS) is 34.1. The predicted octanol–water partition coefficient (Wildman–Crippen LogP) is 3.48. The topological polar surface area (TPSA) is 93.2 Å². The van der Waals surface area contributed by atoms with Gasteiger partial charge in [0.1, 0.15) is 0 Å². The summed E-state index contributed by atoms with van der Waals surface area (Å²) in [5.41, 5.74) is 0.593. The van der Waals surface area contributed by atoms with Crippen LogP contribution in [0.4, 0.5) is 0 Å². The first kappa shape index (κ1) is 26.7. The van der Waals surface area contributed by atoms with Crippen molar-refractivity contribution in [2.45, 2.75) is 92.2 Å². The Labute approximate surface area is 214 Å². The largest absolute Gasteiger partial charge is 0.452 e. The number of hydrogen-bond donors (Lipinski definition) is 0. The van der Waals surface area contributed by atoms with Crippen LogP contribution in [0.15, 0.2) is 12.2 Å². The molecule has 0 aromatic heterocycles. The van der Waals surface area contributed by atoms with Gasteiger partial charge >= 0.3 is 11.9 Å². The Morgan fingerprint density at radius 3 is 1.39 bits per heavy atom. The van der Waals surface area contributed by atoms with Crippen LogP contribution >= 0.6 is 0 Å². The minimum absolute atomic E-state index is 0.106. The van der Waals surface area contributed by atoms with E-state index in [1.54, 1.807) is 0 Å². The molecule has 200 valence electrons. The number of carbonyl (C=O) groups is 4. The van der Waals surface area contributed by atoms with Gasteiger partial charge in [0.05, 0.1) is 0 Å². The van der Waals surface area contributed by atoms with Crippen molar-refractivity contribution < 1.29 is 28.7 Å². The molecule has 0 N–H and O–H groups in total. The molecular formula is C28H42N2O6. The molecule has 36 heavy (non-hydrogen) atoms. The standard InChI is InChI=1S/C28H42N2O6/c1-25(2)9-19-11-27(5,15-25)17-29(19)21(31)13-35-23(33)7-8-24(34)36-14-22(32)30-18-28(6)12-20(30)10-26(3,4)16-28/h7-8,19-20H,9-18H2,1-6H3/b8-7+/t19-,20+,27+,28-. The molecule has 4 rings (SSSR count). The molecule has 2 aliphatic carbocycles. The maximum absolute atomic E-state index is 12.7. The smallest absolute Gasteiger partial charge is 0.331 e. The highest BCUT2D eigenvalue weighted by Gasteiger charge is 2.52. The van der Waals surface area contributed by atoms with Crippen molar-refractivity contribution in [2.75, 3.05) is 26.3 Å². The molecule has 2 amide bonds. The molecule has 2 saturated heterocycles. The van der Waals surface area contributed by atoms with Crippen molar-refractivity contribution in [2.24, 2.45) is 21.7 Å². The van der Waals surface area contributed by atoms with Gasteiger partial charge in [0.25, 0.3) is 11.8 Å². The maximum atomic E-state index is 12.7. The average Bonchev–Trinajstić information content (AvgIpc) is 3.14. The summed E-state index contributed by atoms with van der Waals surface area (Å²) in [6.07, 6.45) is 7.89. The number of ether oxygens (including phenoxy) is 2. The van der Waals surface area contributed by atoms with E-state index < -0.39 is 11.9 Å². The van der Waals surface area contributed by atoms with E-state index in [2.05, 4.69) is 41.5 Å². The fraction of sp³-hybridized carbons (Fsp3) is 0.786. The molecule has 4 atom stereocenters. The first-order valence-electron chi connectivity index (χ1n) is 13.2. The maximum Gasteiger partial charge on any atom is 0.331 e. The number of likely N-dealkylation sites (tertiary alicyclic amines) is 2. The van der Waals surface area contributed by atoms with E-state index in [4.69, 9.17) is 9.47 Å². The van der Waals surface area contributed by atoms with E-state index in [1.807, 2.05) is 9.80 Å². The first-order valence-corrected chi connectivity index (χ1v) is 13.2. The van der Waals surface area contributed by atoms with Crippen molar-refractivity contribution in [1.29, 1.82) is 0 Å². The summed E-state index contributed by atoms with van der Waals surface area (Å²) < 4.78 is 10.2. The number of nitrogens with zero attached hydrogens (tertiary/aromatic N) is 2. The highest BCUT2D eigenvalue weighted by atomic mass is 16.5. The van der Waals surface area contributed by atoms with E-state index >= 15 is 0 Å². The third-order valence-corrected chi connectivity index (χ3v) is 8.50. The number of rotatable bonds is 6. The molecule has 0 spiro atoms. The van der Waals surface area contributed by atoms with E-state index in [9.17, 15) is 19.2 Å². The molecule has 8 nitrogen and oxygen atoms in total. The van der Waals surface area contributed by atoms with Crippen LogP contribution in [0, 0.1) is 21.7 Å². The lowest BCUT2D eigenvalue weighted by atomic mass is 9.65. The van der Waals surface area contributed by atoms with Crippen molar-refractivity contribution in [3.05, 3.63) is 12.2 Å². The summed E-state index contributed by atoms with van der Waals surface area (Å²) in [4.78, 5) is 53.3. The van der Waals surface area contributed by atoms with Gasteiger partial charge in [-0.25, -0.2) is 9.59 Å². The van der Waals surface area contributed by atoms with Crippen LogP contribution < -0.4 is 0 Å². The van der Waals surface area contributed by atoms with Crippen LogP contribution in [0.25, 0.3) is 0 Å². The van der Waals surface area contributed by atoms with Gasteiger partial charge in [-0.15, -0.1) is 0 Å². The summed E-state index contributed by atoms with van der Waals surface area (Å²) >= 11 is 0. The molecule has 4 fully saturated rings. The Hall–Kier alpha value is -2.38. The Balaban J connectivity index is 1.19. The number of fused-ring (bicyclic) bond motifs is 4. The Bertz CT molecular complexity index is 895. The average molecular weight is 503 g/mol. The zero-order valence-electron chi connectivity index (χ0n) is 22.7. The van der Waals surface area contributed by atoms with Gasteiger partial charge in [-0.2, -0.15) is 0 Å². The van der Waals surface area contributed by atoms with Crippen molar-refractivity contribution in [3.8, 4) is 0 Å². The van der Waals surface area contributed by atoms with Crippen molar-refractivity contribution >= 4 is 23.8 Å². The second-order valence-corrected chi connectivity index (χ2v) is 14.0. The minimum atomic E-state index is -0.788. The van der Waals surface area contributed by atoms with Gasteiger partial charge in [0.2, 0.25) is 0 Å². The van der Waals surface area contributed by atoms with E-state index in [0.717, 1.165) is 50.7 Å². The number of esters is 2. The monoisotopic (exact) mass is 502 g/mol. The van der Waals surface area contributed by atoms with Crippen molar-refractivity contribution in [1.82, 2.24) is 9.80 Å². The quantitative estimate of drug-likeness (QED) is 0.408. The molecule has 2 saturated carbocycles. The number of carbonyl (C=O) groups excluding carboxylic acids is 4. The Morgan fingerprint density at radius 2 is 1.03 bits per heavy atom. The lowest BCUT2D eigenvalue weighted by Crippen LogP contribution is -2.39. The van der Waals surface area contributed by atoms with Crippen LogP contribution in [0.5, 0.6) is 0 Å². The molecule has 0 unspecified atom stereocenters. The summed E-state index contributed by atoms with van der Waals surface area (Å²) in [6.45, 7) is 14.0. The summed E-state index contributed by atoms with van der Waals surface area (Å²) in [5, 5.41) is 0.